The van der Waals surface area contributed by atoms with Gasteiger partial charge in [-0.2, -0.15) is 0 Å². The minimum absolute atomic E-state index is 0.266. The lowest BCUT2D eigenvalue weighted by atomic mass is 10.1. The number of hydrogen-bond donors (Lipinski definition) is 0. The minimum atomic E-state index is -0.973. The number of hydrogen-bond acceptors (Lipinski definition) is 8. The van der Waals surface area contributed by atoms with Crippen LogP contribution in [0.4, 0.5) is 4.79 Å². The molecular weight excluding hydrogens is 332 g/mol. The van der Waals surface area contributed by atoms with Crippen LogP contribution in [0.1, 0.15) is 41.5 Å². The zero-order valence-electron chi connectivity index (χ0n) is 15.4. The van der Waals surface area contributed by atoms with E-state index < -0.39 is 48.1 Å². The van der Waals surface area contributed by atoms with Gasteiger partial charge in [-0.1, -0.05) is 0 Å². The fourth-order valence-electron chi connectivity index (χ4n) is 2.50. The molecule has 0 aromatic carbocycles. The highest BCUT2D eigenvalue weighted by atomic mass is 16.8. The Morgan fingerprint density at radius 1 is 1.16 bits per heavy atom. The molecular formula is C17H26O8. The van der Waals surface area contributed by atoms with Crippen molar-refractivity contribution in [3.63, 3.8) is 0 Å². The van der Waals surface area contributed by atoms with E-state index >= 15 is 0 Å². The van der Waals surface area contributed by atoms with Crippen LogP contribution in [0.5, 0.6) is 0 Å². The Balaban J connectivity index is 2.06. The molecule has 0 aliphatic carbocycles. The molecule has 2 aliphatic heterocycles. The molecule has 0 radical (unpaired) electrons. The summed E-state index contributed by atoms with van der Waals surface area (Å²) < 4.78 is 32.6. The van der Waals surface area contributed by atoms with Gasteiger partial charge in [-0.25, -0.2) is 4.79 Å². The first-order chi connectivity index (χ1) is 11.5. The SMILES string of the molecule is CC(=O)O[C@@H]1C=CC(OC(=O)OC(C)(C)C)O[C@H]1[C@H]1COC(C)(C)O1. The Morgan fingerprint density at radius 3 is 2.36 bits per heavy atom. The first kappa shape index (κ1) is 19.7. The van der Waals surface area contributed by atoms with Crippen LogP contribution >= 0.6 is 0 Å². The summed E-state index contributed by atoms with van der Waals surface area (Å²) in [6.07, 6.45) is -0.542. The van der Waals surface area contributed by atoms with Crippen LogP contribution in [-0.2, 0) is 33.2 Å². The second-order valence-electron chi connectivity index (χ2n) is 7.38. The van der Waals surface area contributed by atoms with Gasteiger partial charge in [0.15, 0.2) is 5.79 Å². The maximum Gasteiger partial charge on any atom is 0.511 e. The molecule has 2 aliphatic rings. The lowest BCUT2D eigenvalue weighted by molar-refractivity contribution is -0.212. The molecule has 2 heterocycles. The maximum absolute atomic E-state index is 11.8. The number of ether oxygens (including phenoxy) is 6. The van der Waals surface area contributed by atoms with Gasteiger partial charge in [-0.15, -0.1) is 0 Å². The third-order valence-corrected chi connectivity index (χ3v) is 3.37. The molecule has 0 saturated carbocycles. The second kappa shape index (κ2) is 7.31. The van der Waals surface area contributed by atoms with E-state index in [0.29, 0.717) is 0 Å². The van der Waals surface area contributed by atoms with Gasteiger partial charge in [0.05, 0.1) is 6.61 Å². The average Bonchev–Trinajstić information content (AvgIpc) is 2.78. The van der Waals surface area contributed by atoms with Crippen LogP contribution in [0.2, 0.25) is 0 Å². The molecule has 8 nitrogen and oxygen atoms in total. The van der Waals surface area contributed by atoms with E-state index in [9.17, 15) is 9.59 Å². The van der Waals surface area contributed by atoms with Crippen molar-refractivity contribution < 1.29 is 38.0 Å². The summed E-state index contributed by atoms with van der Waals surface area (Å²) in [5.74, 6) is -1.22. The number of carbonyl (C=O) groups is 2. The van der Waals surface area contributed by atoms with Gasteiger partial charge in [0, 0.05) is 6.92 Å². The van der Waals surface area contributed by atoms with Crippen molar-refractivity contribution in [1.82, 2.24) is 0 Å². The van der Waals surface area contributed by atoms with Crippen molar-refractivity contribution in [3.8, 4) is 0 Å². The lowest BCUT2D eigenvalue weighted by Crippen LogP contribution is -2.48. The van der Waals surface area contributed by atoms with E-state index in [-0.39, 0.29) is 6.61 Å². The normalized spacial score (nSPS) is 31.4. The first-order valence-corrected chi connectivity index (χ1v) is 8.18. The molecule has 0 N–H and O–H groups in total. The van der Waals surface area contributed by atoms with Gasteiger partial charge >= 0.3 is 12.1 Å². The van der Waals surface area contributed by atoms with E-state index in [4.69, 9.17) is 28.4 Å². The maximum atomic E-state index is 11.8. The summed E-state index contributed by atoms with van der Waals surface area (Å²) in [7, 11) is 0. The Bertz CT molecular complexity index is 533. The fraction of sp³-hybridized carbons (Fsp3) is 0.765. The third kappa shape index (κ3) is 5.98. The number of esters is 1. The molecule has 25 heavy (non-hydrogen) atoms. The summed E-state index contributed by atoms with van der Waals surface area (Å²) in [5.41, 5.74) is -0.679. The molecule has 142 valence electrons. The van der Waals surface area contributed by atoms with Gasteiger partial charge in [0.1, 0.15) is 23.9 Å². The van der Waals surface area contributed by atoms with Gasteiger partial charge < -0.3 is 28.4 Å². The van der Waals surface area contributed by atoms with Crippen molar-refractivity contribution in [1.29, 1.82) is 0 Å². The van der Waals surface area contributed by atoms with Crippen molar-refractivity contribution >= 4 is 12.1 Å². The smallest absolute Gasteiger partial charge is 0.455 e. The Hall–Kier alpha value is -1.64. The molecule has 1 fully saturated rings. The predicted molar refractivity (Wildman–Crippen MR) is 85.6 cm³/mol. The van der Waals surface area contributed by atoms with Crippen molar-refractivity contribution in [3.05, 3.63) is 12.2 Å². The highest BCUT2D eigenvalue weighted by molar-refractivity contribution is 5.66. The van der Waals surface area contributed by atoms with Crippen LogP contribution < -0.4 is 0 Å². The van der Waals surface area contributed by atoms with Crippen LogP contribution in [0.3, 0.4) is 0 Å². The lowest BCUT2D eigenvalue weighted by Gasteiger charge is -2.34. The Kier molecular flexibility index (Phi) is 5.75. The van der Waals surface area contributed by atoms with Crippen molar-refractivity contribution in [2.45, 2.75) is 77.5 Å². The molecule has 4 atom stereocenters. The summed E-state index contributed by atoms with van der Waals surface area (Å²) in [4.78, 5) is 23.1. The topological polar surface area (TPSA) is 89.5 Å². The third-order valence-electron chi connectivity index (χ3n) is 3.37. The highest BCUT2D eigenvalue weighted by Gasteiger charge is 2.44. The summed E-state index contributed by atoms with van der Waals surface area (Å²) >= 11 is 0. The van der Waals surface area contributed by atoms with Gasteiger partial charge in [-0.05, 0) is 46.8 Å². The predicted octanol–water partition coefficient (Wildman–Crippen LogP) is 2.30. The molecule has 8 heteroatoms. The van der Waals surface area contributed by atoms with Crippen molar-refractivity contribution in [2.24, 2.45) is 0 Å². The highest BCUT2D eigenvalue weighted by Crippen LogP contribution is 2.30. The molecule has 0 bridgehead atoms. The average molecular weight is 358 g/mol. The monoisotopic (exact) mass is 358 g/mol. The molecule has 1 saturated heterocycles. The molecule has 0 aromatic heterocycles. The molecule has 0 spiro atoms. The van der Waals surface area contributed by atoms with Crippen LogP contribution in [0.25, 0.3) is 0 Å². The van der Waals surface area contributed by atoms with Crippen LogP contribution in [0, 0.1) is 0 Å². The zero-order chi connectivity index (χ0) is 18.8. The van der Waals surface area contributed by atoms with E-state index in [1.165, 1.54) is 13.0 Å². The van der Waals surface area contributed by atoms with Crippen molar-refractivity contribution in [2.75, 3.05) is 6.61 Å². The van der Waals surface area contributed by atoms with E-state index in [0.717, 1.165) is 0 Å². The standard InChI is InChI=1S/C17H26O8/c1-10(18)21-11-7-8-13(23-15(19)25-16(2,3)4)22-14(11)12-9-20-17(5,6)24-12/h7-8,11-14H,9H2,1-6H3/t11-,12-,13?,14-/m1/s1. The van der Waals surface area contributed by atoms with Gasteiger partial charge in [0.2, 0.25) is 6.29 Å². The zero-order valence-corrected chi connectivity index (χ0v) is 15.4. The summed E-state index contributed by atoms with van der Waals surface area (Å²) in [6.45, 7) is 10.3. The quantitative estimate of drug-likeness (QED) is 0.561. The largest absolute Gasteiger partial charge is 0.511 e. The second-order valence-corrected chi connectivity index (χ2v) is 7.38. The molecule has 0 amide bonds. The van der Waals surface area contributed by atoms with Crippen LogP contribution in [-0.4, -0.2) is 54.7 Å². The Morgan fingerprint density at radius 2 is 1.84 bits per heavy atom. The van der Waals surface area contributed by atoms with Gasteiger partial charge in [-0.3, -0.25) is 4.79 Å². The van der Waals surface area contributed by atoms with E-state index in [2.05, 4.69) is 0 Å². The molecule has 2 rings (SSSR count). The Labute approximate surface area is 147 Å². The van der Waals surface area contributed by atoms with Crippen LogP contribution in [0.15, 0.2) is 12.2 Å². The molecule has 1 unspecified atom stereocenters. The number of carbonyl (C=O) groups excluding carboxylic acids is 2. The van der Waals surface area contributed by atoms with E-state index in [1.807, 2.05) is 0 Å². The van der Waals surface area contributed by atoms with E-state index in [1.54, 1.807) is 40.7 Å². The summed E-state index contributed by atoms with van der Waals surface area (Å²) in [6, 6.07) is 0. The number of rotatable bonds is 3. The fourth-order valence-corrected chi connectivity index (χ4v) is 2.50. The minimum Gasteiger partial charge on any atom is -0.455 e. The molecule has 0 aromatic rings. The van der Waals surface area contributed by atoms with Gasteiger partial charge in [0.25, 0.3) is 0 Å². The summed E-state index contributed by atoms with van der Waals surface area (Å²) in [5, 5.41) is 0. The first-order valence-electron chi connectivity index (χ1n) is 8.18.